The van der Waals surface area contributed by atoms with Crippen molar-refractivity contribution in [1.29, 1.82) is 0 Å². The third-order valence-corrected chi connectivity index (χ3v) is 4.78. The summed E-state index contributed by atoms with van der Waals surface area (Å²) in [7, 11) is 1.49. The summed E-state index contributed by atoms with van der Waals surface area (Å²) < 4.78 is 12.2. The van der Waals surface area contributed by atoms with Crippen LogP contribution in [0.2, 0.25) is 0 Å². The van der Waals surface area contributed by atoms with Gasteiger partial charge in [0.1, 0.15) is 6.23 Å². The summed E-state index contributed by atoms with van der Waals surface area (Å²) in [6, 6.07) is 5.06. The number of aromatic nitrogens is 2. The van der Waals surface area contributed by atoms with Crippen LogP contribution in [0.3, 0.4) is 0 Å². The van der Waals surface area contributed by atoms with Gasteiger partial charge in [-0.05, 0) is 24.6 Å². The Kier molecular flexibility index (Phi) is 6.53. The zero-order chi connectivity index (χ0) is 21.0. The van der Waals surface area contributed by atoms with Crippen molar-refractivity contribution >= 4 is 6.08 Å². The van der Waals surface area contributed by atoms with Gasteiger partial charge in [-0.25, -0.2) is 4.79 Å². The lowest BCUT2D eigenvalue weighted by Crippen LogP contribution is -2.35. The Labute approximate surface area is 167 Å². The topological polar surface area (TPSA) is 126 Å². The Morgan fingerprint density at radius 3 is 2.97 bits per heavy atom. The number of phenolic OH excluding ortho intramolecular Hbond substituents is 1. The monoisotopic (exact) mass is 403 g/mol. The molecule has 1 aromatic carbocycles. The molecule has 0 saturated carbocycles. The Hall–Kier alpha value is -2.88. The third kappa shape index (κ3) is 4.94. The van der Waals surface area contributed by atoms with Crippen molar-refractivity contribution < 1.29 is 19.7 Å². The summed E-state index contributed by atoms with van der Waals surface area (Å²) in [6.07, 6.45) is 3.68. The van der Waals surface area contributed by atoms with E-state index >= 15 is 0 Å². The van der Waals surface area contributed by atoms with Crippen molar-refractivity contribution in [3.8, 4) is 11.5 Å². The van der Waals surface area contributed by atoms with Gasteiger partial charge in [0.2, 0.25) is 0 Å². The number of aryl methyl sites for hydroxylation is 1. The first-order valence-electron chi connectivity index (χ1n) is 9.29. The quantitative estimate of drug-likeness (QED) is 0.496. The normalized spacial score (nSPS) is 21.7. The number of benzene rings is 1. The van der Waals surface area contributed by atoms with E-state index in [4.69, 9.17) is 9.47 Å². The molecule has 2 heterocycles. The van der Waals surface area contributed by atoms with Crippen molar-refractivity contribution in [2.45, 2.75) is 31.8 Å². The molecule has 0 radical (unpaired) electrons. The molecule has 1 aliphatic heterocycles. The third-order valence-electron chi connectivity index (χ3n) is 4.78. The number of hydrogen-bond donors (Lipinski definition) is 4. The van der Waals surface area contributed by atoms with Crippen LogP contribution in [0, 0.1) is 6.92 Å². The molecule has 1 saturated heterocycles. The number of phenols is 1. The lowest BCUT2D eigenvalue weighted by Gasteiger charge is -2.16. The number of H-pyrrole nitrogens is 1. The molecule has 0 amide bonds. The van der Waals surface area contributed by atoms with Crippen LogP contribution in [-0.2, 0) is 4.74 Å². The summed E-state index contributed by atoms with van der Waals surface area (Å²) in [4.78, 5) is 25.7. The number of rotatable bonds is 7. The molecule has 9 heteroatoms. The lowest BCUT2D eigenvalue weighted by molar-refractivity contribution is -0.0188. The minimum absolute atomic E-state index is 0.0847. The van der Waals surface area contributed by atoms with Crippen molar-refractivity contribution in [2.24, 2.45) is 0 Å². The maximum Gasteiger partial charge on any atom is 0.330 e. The molecule has 1 fully saturated rings. The number of aromatic hydroxyl groups is 1. The van der Waals surface area contributed by atoms with Gasteiger partial charge >= 0.3 is 5.69 Å². The van der Waals surface area contributed by atoms with Crippen LogP contribution in [-0.4, -0.2) is 52.2 Å². The van der Waals surface area contributed by atoms with Gasteiger partial charge in [-0.3, -0.25) is 14.3 Å². The summed E-state index contributed by atoms with van der Waals surface area (Å²) in [5.41, 5.74) is 0.298. The van der Waals surface area contributed by atoms with Crippen LogP contribution in [0.1, 0.15) is 23.8 Å². The number of hydrogen-bond acceptors (Lipinski definition) is 7. The fourth-order valence-corrected chi connectivity index (χ4v) is 3.17. The van der Waals surface area contributed by atoms with E-state index in [2.05, 4.69) is 10.3 Å². The second-order valence-electron chi connectivity index (χ2n) is 6.90. The number of aromatic amines is 1. The molecule has 4 N–H and O–H groups in total. The van der Waals surface area contributed by atoms with Crippen LogP contribution >= 0.6 is 0 Å². The highest BCUT2D eigenvalue weighted by Gasteiger charge is 2.35. The highest BCUT2D eigenvalue weighted by Crippen LogP contribution is 2.28. The number of nitrogens with one attached hydrogen (secondary N) is 2. The molecule has 9 nitrogen and oxygen atoms in total. The van der Waals surface area contributed by atoms with Crippen LogP contribution in [0.5, 0.6) is 11.5 Å². The summed E-state index contributed by atoms with van der Waals surface area (Å²) in [6.45, 7) is 2.55. The SMILES string of the molecule is COc1cc(/C=C/CNC[C@H]2O[C@@H](n3cc(C)c(=O)[nH]c3=O)C[C@@H]2O)ccc1O. The molecule has 3 atom stereocenters. The molecule has 1 aromatic heterocycles. The maximum atomic E-state index is 12.0. The Morgan fingerprint density at radius 1 is 1.41 bits per heavy atom. The van der Waals surface area contributed by atoms with Gasteiger partial charge in [0.05, 0.1) is 19.3 Å². The van der Waals surface area contributed by atoms with Gasteiger partial charge in [-0.15, -0.1) is 0 Å². The zero-order valence-corrected chi connectivity index (χ0v) is 16.3. The Balaban J connectivity index is 1.52. The molecule has 1 aliphatic rings. The number of ether oxygens (including phenoxy) is 2. The van der Waals surface area contributed by atoms with Crippen molar-refractivity contribution in [1.82, 2.24) is 14.9 Å². The average molecular weight is 403 g/mol. The highest BCUT2D eigenvalue weighted by atomic mass is 16.5. The second-order valence-corrected chi connectivity index (χ2v) is 6.90. The van der Waals surface area contributed by atoms with Crippen molar-refractivity contribution in [3.63, 3.8) is 0 Å². The van der Waals surface area contributed by atoms with E-state index < -0.39 is 29.7 Å². The van der Waals surface area contributed by atoms with Crippen LogP contribution in [0.4, 0.5) is 0 Å². The standard InChI is InChI=1S/C20H25N3O6/c1-12-11-23(20(27)22-19(12)26)18-9-15(25)17(29-18)10-21-7-3-4-13-5-6-14(24)16(8-13)28-2/h3-6,8,11,15,17-18,21,24-25H,7,9-10H2,1-2H3,(H,22,26,27)/b4-3+/t15-,17+,18+/m0/s1. The van der Waals surface area contributed by atoms with E-state index in [1.807, 2.05) is 12.2 Å². The van der Waals surface area contributed by atoms with Crippen LogP contribution in [0.15, 0.2) is 40.1 Å². The number of aliphatic hydroxyl groups excluding tert-OH is 1. The Morgan fingerprint density at radius 2 is 2.21 bits per heavy atom. The molecular weight excluding hydrogens is 378 g/mol. The Bertz CT molecular complexity index is 996. The first-order valence-corrected chi connectivity index (χ1v) is 9.29. The molecule has 29 heavy (non-hydrogen) atoms. The smallest absolute Gasteiger partial charge is 0.330 e. The number of nitrogens with zero attached hydrogens (tertiary/aromatic N) is 1. The molecule has 0 spiro atoms. The van der Waals surface area contributed by atoms with Crippen molar-refractivity contribution in [3.05, 3.63) is 62.4 Å². The fourth-order valence-electron chi connectivity index (χ4n) is 3.17. The number of aliphatic hydroxyl groups is 1. The predicted octanol–water partition coefficient (Wildman–Crippen LogP) is 0.511. The van der Waals surface area contributed by atoms with E-state index in [1.54, 1.807) is 25.1 Å². The maximum absolute atomic E-state index is 12.0. The lowest BCUT2D eigenvalue weighted by atomic mass is 10.1. The zero-order valence-electron chi connectivity index (χ0n) is 16.3. The van der Waals surface area contributed by atoms with Gasteiger partial charge in [-0.2, -0.15) is 0 Å². The van der Waals surface area contributed by atoms with E-state index in [-0.39, 0.29) is 12.2 Å². The van der Waals surface area contributed by atoms with E-state index in [0.29, 0.717) is 24.4 Å². The molecule has 2 aromatic rings. The second kappa shape index (κ2) is 9.08. The van der Waals surface area contributed by atoms with Crippen molar-refractivity contribution in [2.75, 3.05) is 20.2 Å². The van der Waals surface area contributed by atoms with Gasteiger partial charge in [-0.1, -0.05) is 18.2 Å². The van der Waals surface area contributed by atoms with E-state index in [9.17, 15) is 19.8 Å². The van der Waals surface area contributed by atoms with E-state index in [0.717, 1.165) is 5.56 Å². The van der Waals surface area contributed by atoms with E-state index in [1.165, 1.54) is 17.9 Å². The molecule has 156 valence electrons. The van der Waals surface area contributed by atoms with Gasteiger partial charge < -0.3 is 25.0 Å². The molecule has 3 rings (SSSR count). The molecule has 0 unspecified atom stereocenters. The molecule has 0 aliphatic carbocycles. The van der Waals surface area contributed by atoms with Gasteiger partial charge in [0.25, 0.3) is 5.56 Å². The van der Waals surface area contributed by atoms with Crippen LogP contribution in [0.25, 0.3) is 6.08 Å². The largest absolute Gasteiger partial charge is 0.504 e. The minimum Gasteiger partial charge on any atom is -0.504 e. The minimum atomic E-state index is -0.725. The first kappa shape index (κ1) is 20.8. The van der Waals surface area contributed by atoms with Crippen LogP contribution < -0.4 is 21.3 Å². The predicted molar refractivity (Wildman–Crippen MR) is 107 cm³/mol. The average Bonchev–Trinajstić information content (AvgIpc) is 3.06. The fraction of sp³-hybridized carbons (Fsp3) is 0.400. The highest BCUT2D eigenvalue weighted by molar-refractivity contribution is 5.55. The number of methoxy groups -OCH3 is 1. The summed E-state index contributed by atoms with van der Waals surface area (Å²) in [5, 5.41) is 23.0. The molecule has 0 bridgehead atoms. The van der Waals surface area contributed by atoms with Gasteiger partial charge in [0, 0.05) is 31.3 Å². The summed E-state index contributed by atoms with van der Waals surface area (Å²) >= 11 is 0. The van der Waals surface area contributed by atoms with Gasteiger partial charge in [0.15, 0.2) is 11.5 Å². The first-order chi connectivity index (χ1) is 13.9. The summed E-state index contributed by atoms with van der Waals surface area (Å²) in [5.74, 6) is 0.489. The molecular formula is C20H25N3O6.